The maximum absolute atomic E-state index is 13.0. The van der Waals surface area contributed by atoms with E-state index in [9.17, 15) is 9.59 Å². The lowest BCUT2D eigenvalue weighted by Gasteiger charge is -2.27. The van der Waals surface area contributed by atoms with Crippen LogP contribution in [0.4, 0.5) is 0 Å². The monoisotopic (exact) mass is 339 g/mol. The lowest BCUT2D eigenvalue weighted by Crippen LogP contribution is -2.43. The Hall–Kier alpha value is -2.44. The standard InChI is InChI=1S/C18H21N5O2/c24-17(13-2-1-7-19-9-13)23-14-5-6-15(23)11-21-16(8-14)20-22(18(21)25)10-12-3-4-12/h1-2,7,9,12,14-15H,3-6,8,10-11H2/t14-,15+/m0/s1. The van der Waals surface area contributed by atoms with Gasteiger partial charge in [-0.25, -0.2) is 9.48 Å². The number of hydrogen-bond acceptors (Lipinski definition) is 4. The van der Waals surface area contributed by atoms with Crippen LogP contribution in [0.25, 0.3) is 0 Å². The van der Waals surface area contributed by atoms with Gasteiger partial charge in [0.15, 0.2) is 0 Å². The summed E-state index contributed by atoms with van der Waals surface area (Å²) in [4.78, 5) is 31.7. The highest BCUT2D eigenvalue weighted by Crippen LogP contribution is 2.33. The molecule has 0 radical (unpaired) electrons. The molecular weight excluding hydrogens is 318 g/mol. The average molecular weight is 339 g/mol. The number of nitrogens with zero attached hydrogens (tertiary/aromatic N) is 5. The summed E-state index contributed by atoms with van der Waals surface area (Å²) in [5.41, 5.74) is 0.605. The Morgan fingerprint density at radius 3 is 2.80 bits per heavy atom. The second kappa shape index (κ2) is 5.54. The topological polar surface area (TPSA) is 73.0 Å². The van der Waals surface area contributed by atoms with Crippen LogP contribution in [0.15, 0.2) is 29.3 Å². The van der Waals surface area contributed by atoms with E-state index < -0.39 is 0 Å². The number of pyridine rings is 1. The molecule has 4 heterocycles. The van der Waals surface area contributed by atoms with Crippen molar-refractivity contribution in [3.8, 4) is 0 Å². The van der Waals surface area contributed by atoms with Gasteiger partial charge in [0.05, 0.1) is 11.6 Å². The Morgan fingerprint density at radius 1 is 1.20 bits per heavy atom. The van der Waals surface area contributed by atoms with E-state index in [1.165, 1.54) is 12.8 Å². The second-order valence-electron chi connectivity index (χ2n) is 7.48. The summed E-state index contributed by atoms with van der Waals surface area (Å²) in [7, 11) is 0. The molecule has 7 nitrogen and oxygen atoms in total. The lowest BCUT2D eigenvalue weighted by atomic mass is 10.1. The van der Waals surface area contributed by atoms with Crippen LogP contribution in [0.1, 0.15) is 41.9 Å². The number of hydrogen-bond donors (Lipinski definition) is 0. The normalized spacial score (nSPS) is 24.9. The summed E-state index contributed by atoms with van der Waals surface area (Å²) in [6, 6.07) is 3.78. The molecule has 7 heteroatoms. The smallest absolute Gasteiger partial charge is 0.330 e. The Bertz CT molecular complexity index is 867. The van der Waals surface area contributed by atoms with E-state index in [0.717, 1.165) is 25.2 Å². The van der Waals surface area contributed by atoms with Gasteiger partial charge in [0.2, 0.25) is 0 Å². The van der Waals surface area contributed by atoms with Crippen molar-refractivity contribution < 1.29 is 4.79 Å². The van der Waals surface area contributed by atoms with Crippen molar-refractivity contribution in [1.82, 2.24) is 24.2 Å². The Kier molecular flexibility index (Phi) is 3.29. The highest BCUT2D eigenvalue weighted by atomic mass is 16.2. The summed E-state index contributed by atoms with van der Waals surface area (Å²) >= 11 is 0. The molecule has 2 atom stereocenters. The van der Waals surface area contributed by atoms with Crippen LogP contribution in [0.2, 0.25) is 0 Å². The zero-order valence-electron chi connectivity index (χ0n) is 14.0. The molecule has 1 aliphatic carbocycles. The quantitative estimate of drug-likeness (QED) is 0.839. The molecule has 1 saturated heterocycles. The van der Waals surface area contributed by atoms with Crippen LogP contribution in [0, 0.1) is 5.92 Å². The molecule has 2 bridgehead atoms. The number of aromatic nitrogens is 4. The zero-order chi connectivity index (χ0) is 17.0. The molecule has 0 unspecified atom stereocenters. The second-order valence-corrected chi connectivity index (χ2v) is 7.48. The summed E-state index contributed by atoms with van der Waals surface area (Å²) in [6.07, 6.45) is 8.27. The van der Waals surface area contributed by atoms with Gasteiger partial charge in [-0.2, -0.15) is 5.10 Å². The molecular formula is C18H21N5O2. The predicted molar refractivity (Wildman–Crippen MR) is 90.1 cm³/mol. The summed E-state index contributed by atoms with van der Waals surface area (Å²) < 4.78 is 3.45. The highest BCUT2D eigenvalue weighted by Gasteiger charge is 2.41. The molecule has 3 aliphatic rings. The van der Waals surface area contributed by atoms with Crippen molar-refractivity contribution in [3.05, 3.63) is 46.4 Å². The van der Waals surface area contributed by atoms with Gasteiger partial charge in [0.1, 0.15) is 5.82 Å². The van der Waals surface area contributed by atoms with E-state index >= 15 is 0 Å². The molecule has 2 fully saturated rings. The molecule has 1 amide bonds. The number of fused-ring (bicyclic) bond motifs is 3. The summed E-state index contributed by atoms with van der Waals surface area (Å²) in [6.45, 7) is 1.30. The van der Waals surface area contributed by atoms with Gasteiger partial charge in [-0.05, 0) is 43.7 Å². The fraction of sp³-hybridized carbons (Fsp3) is 0.556. The third-order valence-corrected chi connectivity index (χ3v) is 5.70. The predicted octanol–water partition coefficient (Wildman–Crippen LogP) is 1.08. The third kappa shape index (κ3) is 2.49. The van der Waals surface area contributed by atoms with E-state index in [1.54, 1.807) is 33.8 Å². The van der Waals surface area contributed by atoms with E-state index in [2.05, 4.69) is 10.1 Å². The third-order valence-electron chi connectivity index (χ3n) is 5.70. The Morgan fingerprint density at radius 2 is 2.04 bits per heavy atom. The zero-order valence-corrected chi connectivity index (χ0v) is 14.0. The van der Waals surface area contributed by atoms with Crippen LogP contribution >= 0.6 is 0 Å². The first-order valence-corrected chi connectivity index (χ1v) is 9.10. The van der Waals surface area contributed by atoms with E-state index in [-0.39, 0.29) is 23.7 Å². The minimum atomic E-state index is -0.0109. The van der Waals surface area contributed by atoms with Crippen LogP contribution in [-0.2, 0) is 19.5 Å². The first-order chi connectivity index (χ1) is 12.2. The molecule has 25 heavy (non-hydrogen) atoms. The van der Waals surface area contributed by atoms with Gasteiger partial charge in [0, 0.05) is 37.9 Å². The molecule has 2 aromatic heterocycles. The molecule has 1 saturated carbocycles. The van der Waals surface area contributed by atoms with Crippen LogP contribution in [0.5, 0.6) is 0 Å². The Balaban J connectivity index is 1.45. The van der Waals surface area contributed by atoms with Crippen molar-refractivity contribution in [1.29, 1.82) is 0 Å². The van der Waals surface area contributed by atoms with Gasteiger partial charge < -0.3 is 4.90 Å². The molecule has 0 N–H and O–H groups in total. The van der Waals surface area contributed by atoms with Crippen molar-refractivity contribution in [2.75, 3.05) is 0 Å². The van der Waals surface area contributed by atoms with Gasteiger partial charge in [0.25, 0.3) is 5.91 Å². The van der Waals surface area contributed by atoms with Crippen LogP contribution < -0.4 is 5.69 Å². The van der Waals surface area contributed by atoms with Crippen LogP contribution in [-0.4, -0.2) is 42.2 Å². The maximum atomic E-state index is 13.0. The maximum Gasteiger partial charge on any atom is 0.345 e. The van der Waals surface area contributed by atoms with Crippen molar-refractivity contribution in [2.45, 2.75) is 57.3 Å². The van der Waals surface area contributed by atoms with Crippen molar-refractivity contribution in [3.63, 3.8) is 0 Å². The highest BCUT2D eigenvalue weighted by molar-refractivity contribution is 5.94. The van der Waals surface area contributed by atoms with Gasteiger partial charge in [-0.15, -0.1) is 0 Å². The van der Waals surface area contributed by atoms with E-state index in [4.69, 9.17) is 0 Å². The number of rotatable bonds is 3. The largest absolute Gasteiger partial charge is 0.345 e. The number of carbonyl (C=O) groups excluding carboxylic acids is 1. The number of amides is 1. The first-order valence-electron chi connectivity index (χ1n) is 9.10. The average Bonchev–Trinajstić information content (AvgIpc) is 3.32. The minimum Gasteiger partial charge on any atom is -0.330 e. The minimum absolute atomic E-state index is 0.0109. The van der Waals surface area contributed by atoms with Gasteiger partial charge in [-0.3, -0.25) is 14.3 Å². The Labute approximate surface area is 145 Å². The molecule has 2 aliphatic heterocycles. The van der Waals surface area contributed by atoms with Gasteiger partial charge >= 0.3 is 5.69 Å². The molecule has 130 valence electrons. The van der Waals surface area contributed by atoms with Crippen molar-refractivity contribution in [2.24, 2.45) is 5.92 Å². The SMILES string of the molecule is O=C(c1cccnc1)N1[C@@H]2CC[C@H]1Cc1nn(CC3CC3)c(=O)n1C2. The molecule has 0 aromatic carbocycles. The molecule has 0 spiro atoms. The lowest BCUT2D eigenvalue weighted by molar-refractivity contribution is 0.0664. The first kappa shape index (κ1) is 14.9. The van der Waals surface area contributed by atoms with E-state index in [1.807, 2.05) is 4.90 Å². The van der Waals surface area contributed by atoms with E-state index in [0.29, 0.717) is 24.4 Å². The van der Waals surface area contributed by atoms with Gasteiger partial charge in [-0.1, -0.05) is 0 Å². The molecule has 2 aromatic rings. The fourth-order valence-electron chi connectivity index (χ4n) is 4.22. The summed E-state index contributed by atoms with van der Waals surface area (Å²) in [5, 5.41) is 4.59. The number of carbonyl (C=O) groups is 1. The van der Waals surface area contributed by atoms with Crippen LogP contribution in [0.3, 0.4) is 0 Å². The fourth-order valence-corrected chi connectivity index (χ4v) is 4.22. The van der Waals surface area contributed by atoms with Crippen molar-refractivity contribution >= 4 is 5.91 Å². The molecule has 5 rings (SSSR count). The summed E-state index contributed by atoms with van der Waals surface area (Å²) in [5.74, 6) is 1.48.